The summed E-state index contributed by atoms with van der Waals surface area (Å²) in [4.78, 5) is 11.0. The van der Waals surface area contributed by atoms with Gasteiger partial charge in [0.15, 0.2) is 17.4 Å². The number of hydrogen-bond donors (Lipinski definition) is 0. The lowest BCUT2D eigenvalue weighted by Gasteiger charge is -2.05. The largest absolute Gasteiger partial charge is 0.294 e. The molecule has 0 bridgehead atoms. The Morgan fingerprint density at radius 2 is 2.00 bits per heavy atom. The standard InChI is InChI=1S/C10H10F2O/c1-3-7-8(6(2)13)4-5-9(11)10(7)12/h4-5H,3H2,1-2H3. The Kier molecular flexibility index (Phi) is 2.76. The van der Waals surface area contributed by atoms with Gasteiger partial charge in [-0.1, -0.05) is 6.92 Å². The third-order valence-corrected chi connectivity index (χ3v) is 1.93. The maximum atomic E-state index is 13.1. The van der Waals surface area contributed by atoms with Crippen LogP contribution in [0.1, 0.15) is 29.8 Å². The van der Waals surface area contributed by atoms with E-state index in [0.717, 1.165) is 6.07 Å². The molecule has 0 radical (unpaired) electrons. The molecule has 0 fully saturated rings. The van der Waals surface area contributed by atoms with Gasteiger partial charge in [-0.2, -0.15) is 0 Å². The summed E-state index contributed by atoms with van der Waals surface area (Å²) in [6.07, 6.45) is 0.318. The first-order valence-corrected chi connectivity index (χ1v) is 4.05. The number of carbonyl (C=O) groups is 1. The molecule has 0 aliphatic heterocycles. The molecule has 0 atom stereocenters. The van der Waals surface area contributed by atoms with Gasteiger partial charge in [0, 0.05) is 11.1 Å². The normalized spacial score (nSPS) is 10.2. The fraction of sp³-hybridized carbons (Fsp3) is 0.300. The average molecular weight is 184 g/mol. The number of benzene rings is 1. The Hall–Kier alpha value is -1.25. The summed E-state index contributed by atoms with van der Waals surface area (Å²) in [6.45, 7) is 3.02. The molecule has 0 aliphatic rings. The fourth-order valence-corrected chi connectivity index (χ4v) is 1.27. The van der Waals surface area contributed by atoms with Gasteiger partial charge in [-0.15, -0.1) is 0 Å². The zero-order valence-electron chi connectivity index (χ0n) is 7.53. The second-order valence-corrected chi connectivity index (χ2v) is 2.80. The summed E-state index contributed by atoms with van der Waals surface area (Å²) in [5.74, 6) is -2.05. The van der Waals surface area contributed by atoms with Crippen LogP contribution in [0.3, 0.4) is 0 Å². The van der Waals surface area contributed by atoms with Crippen LogP contribution in [-0.2, 0) is 6.42 Å². The van der Waals surface area contributed by atoms with Gasteiger partial charge >= 0.3 is 0 Å². The highest BCUT2D eigenvalue weighted by molar-refractivity contribution is 5.95. The summed E-state index contributed by atoms with van der Waals surface area (Å²) in [5, 5.41) is 0. The van der Waals surface area contributed by atoms with E-state index in [2.05, 4.69) is 0 Å². The Bertz CT molecular complexity index is 345. The van der Waals surface area contributed by atoms with Crippen molar-refractivity contribution in [3.8, 4) is 0 Å². The molecule has 0 heterocycles. The average Bonchev–Trinajstić information content (AvgIpc) is 2.09. The summed E-state index contributed by atoms with van der Waals surface area (Å²) in [7, 11) is 0. The number of Topliss-reactive ketones (excluding diaryl/α,β-unsaturated/α-hetero) is 1. The molecule has 0 spiro atoms. The third-order valence-electron chi connectivity index (χ3n) is 1.93. The van der Waals surface area contributed by atoms with E-state index in [9.17, 15) is 13.6 Å². The number of ketones is 1. The quantitative estimate of drug-likeness (QED) is 0.646. The molecule has 1 aromatic carbocycles. The van der Waals surface area contributed by atoms with Crippen molar-refractivity contribution in [2.45, 2.75) is 20.3 Å². The van der Waals surface area contributed by atoms with Gasteiger partial charge in [-0.3, -0.25) is 4.79 Å². The highest BCUT2D eigenvalue weighted by atomic mass is 19.2. The molecule has 0 unspecified atom stereocenters. The summed E-state index contributed by atoms with van der Waals surface area (Å²) < 4.78 is 25.8. The van der Waals surface area contributed by atoms with Crippen molar-refractivity contribution in [1.82, 2.24) is 0 Å². The van der Waals surface area contributed by atoms with E-state index >= 15 is 0 Å². The van der Waals surface area contributed by atoms with Crippen LogP contribution < -0.4 is 0 Å². The summed E-state index contributed by atoms with van der Waals surface area (Å²) in [5.41, 5.74) is 0.425. The molecule has 70 valence electrons. The smallest absolute Gasteiger partial charge is 0.162 e. The minimum atomic E-state index is -0.907. The monoisotopic (exact) mass is 184 g/mol. The molecule has 0 saturated heterocycles. The Labute approximate surface area is 75.4 Å². The van der Waals surface area contributed by atoms with Crippen LogP contribution in [0.25, 0.3) is 0 Å². The van der Waals surface area contributed by atoms with Crippen LogP contribution in [0.4, 0.5) is 8.78 Å². The van der Waals surface area contributed by atoms with E-state index in [-0.39, 0.29) is 16.9 Å². The lowest BCUT2D eigenvalue weighted by atomic mass is 10.0. The van der Waals surface area contributed by atoms with E-state index in [1.807, 2.05) is 0 Å². The van der Waals surface area contributed by atoms with Gasteiger partial charge in [-0.05, 0) is 25.5 Å². The van der Waals surface area contributed by atoms with Gasteiger partial charge < -0.3 is 0 Å². The molecule has 13 heavy (non-hydrogen) atoms. The molecule has 0 amide bonds. The molecule has 0 N–H and O–H groups in total. The minimum absolute atomic E-state index is 0.160. The van der Waals surface area contributed by atoms with Crippen molar-refractivity contribution in [3.05, 3.63) is 34.9 Å². The first-order chi connectivity index (χ1) is 6.07. The van der Waals surface area contributed by atoms with Crippen molar-refractivity contribution in [2.75, 3.05) is 0 Å². The molecule has 1 nitrogen and oxygen atoms in total. The lowest BCUT2D eigenvalue weighted by molar-refractivity contribution is 0.101. The second kappa shape index (κ2) is 3.64. The molecule has 0 aromatic heterocycles. The number of halogens is 2. The Morgan fingerprint density at radius 3 is 2.46 bits per heavy atom. The van der Waals surface area contributed by atoms with E-state index < -0.39 is 11.6 Å². The Balaban J connectivity index is 3.38. The third kappa shape index (κ3) is 1.74. The van der Waals surface area contributed by atoms with Crippen molar-refractivity contribution < 1.29 is 13.6 Å². The lowest BCUT2D eigenvalue weighted by Crippen LogP contribution is -2.03. The Morgan fingerprint density at radius 1 is 1.38 bits per heavy atom. The zero-order chi connectivity index (χ0) is 10.0. The van der Waals surface area contributed by atoms with Crippen LogP contribution in [0, 0.1) is 11.6 Å². The molecule has 0 aliphatic carbocycles. The molecule has 1 rings (SSSR count). The van der Waals surface area contributed by atoms with Crippen LogP contribution in [0.5, 0.6) is 0 Å². The van der Waals surface area contributed by atoms with Crippen molar-refractivity contribution in [3.63, 3.8) is 0 Å². The van der Waals surface area contributed by atoms with E-state index in [1.165, 1.54) is 13.0 Å². The van der Waals surface area contributed by atoms with Gasteiger partial charge in [-0.25, -0.2) is 8.78 Å². The van der Waals surface area contributed by atoms with Gasteiger partial charge in [0.2, 0.25) is 0 Å². The zero-order valence-corrected chi connectivity index (χ0v) is 7.53. The van der Waals surface area contributed by atoms with Crippen molar-refractivity contribution >= 4 is 5.78 Å². The highest BCUT2D eigenvalue weighted by Crippen LogP contribution is 2.17. The first kappa shape index (κ1) is 9.84. The summed E-state index contributed by atoms with van der Waals surface area (Å²) >= 11 is 0. The SMILES string of the molecule is CCc1c(C(C)=O)ccc(F)c1F. The number of carbonyl (C=O) groups excluding carboxylic acids is 1. The van der Waals surface area contributed by atoms with Gasteiger partial charge in [0.25, 0.3) is 0 Å². The topological polar surface area (TPSA) is 17.1 Å². The first-order valence-electron chi connectivity index (χ1n) is 4.05. The summed E-state index contributed by atoms with van der Waals surface area (Å²) in [6, 6.07) is 2.30. The molecule has 1 aromatic rings. The molecule has 0 saturated carbocycles. The maximum Gasteiger partial charge on any atom is 0.162 e. The van der Waals surface area contributed by atoms with Crippen LogP contribution in [0.15, 0.2) is 12.1 Å². The van der Waals surface area contributed by atoms with Crippen molar-refractivity contribution in [2.24, 2.45) is 0 Å². The van der Waals surface area contributed by atoms with Crippen LogP contribution in [0.2, 0.25) is 0 Å². The molecule has 3 heteroatoms. The van der Waals surface area contributed by atoms with E-state index in [0.29, 0.717) is 6.42 Å². The predicted molar refractivity (Wildman–Crippen MR) is 45.7 cm³/mol. The predicted octanol–water partition coefficient (Wildman–Crippen LogP) is 2.73. The van der Waals surface area contributed by atoms with E-state index in [4.69, 9.17) is 0 Å². The molecular formula is C10H10F2O. The maximum absolute atomic E-state index is 13.1. The van der Waals surface area contributed by atoms with Gasteiger partial charge in [0.1, 0.15) is 0 Å². The van der Waals surface area contributed by atoms with E-state index in [1.54, 1.807) is 6.92 Å². The van der Waals surface area contributed by atoms with Crippen LogP contribution in [-0.4, -0.2) is 5.78 Å². The second-order valence-electron chi connectivity index (χ2n) is 2.80. The fourth-order valence-electron chi connectivity index (χ4n) is 1.27. The highest BCUT2D eigenvalue weighted by Gasteiger charge is 2.13. The molecular weight excluding hydrogens is 174 g/mol. The minimum Gasteiger partial charge on any atom is -0.294 e. The van der Waals surface area contributed by atoms with Gasteiger partial charge in [0.05, 0.1) is 0 Å². The van der Waals surface area contributed by atoms with Crippen LogP contribution >= 0.6 is 0 Å². The van der Waals surface area contributed by atoms with Crippen molar-refractivity contribution in [1.29, 1.82) is 0 Å². The number of rotatable bonds is 2. The number of hydrogen-bond acceptors (Lipinski definition) is 1.